The highest BCUT2D eigenvalue weighted by molar-refractivity contribution is 9.10. The fraction of sp³-hybridized carbons (Fsp3) is 0.500. The maximum absolute atomic E-state index is 12.6. The van der Waals surface area contributed by atoms with Crippen molar-refractivity contribution in [2.24, 2.45) is 11.8 Å². The minimum atomic E-state index is -0.476. The van der Waals surface area contributed by atoms with E-state index in [1.54, 1.807) is 4.90 Å². The third-order valence-corrected chi connectivity index (χ3v) is 4.84. The van der Waals surface area contributed by atoms with Crippen molar-refractivity contribution in [1.82, 2.24) is 0 Å². The molecule has 0 saturated carbocycles. The van der Waals surface area contributed by atoms with Gasteiger partial charge in [0.25, 0.3) is 0 Å². The number of benzene rings is 1. The summed E-state index contributed by atoms with van der Waals surface area (Å²) < 4.78 is 0.936. The predicted molar refractivity (Wildman–Crippen MR) is 83.8 cm³/mol. The van der Waals surface area contributed by atoms with E-state index in [-0.39, 0.29) is 17.6 Å². The second-order valence-electron chi connectivity index (χ2n) is 5.65. The van der Waals surface area contributed by atoms with Gasteiger partial charge in [-0.1, -0.05) is 26.0 Å². The van der Waals surface area contributed by atoms with Crippen LogP contribution in [-0.2, 0) is 9.59 Å². The number of aryl methyl sites for hydroxylation is 1. The number of anilines is 1. The van der Waals surface area contributed by atoms with Gasteiger partial charge in [0.2, 0.25) is 5.91 Å². The van der Waals surface area contributed by atoms with Crippen LogP contribution < -0.4 is 4.90 Å². The number of ketones is 1. The summed E-state index contributed by atoms with van der Waals surface area (Å²) in [6, 6.07) is 5.87. The van der Waals surface area contributed by atoms with E-state index in [4.69, 9.17) is 0 Å². The first kappa shape index (κ1) is 15.2. The first-order valence-electron chi connectivity index (χ1n) is 7.03. The molecule has 1 unspecified atom stereocenters. The van der Waals surface area contributed by atoms with E-state index in [1.807, 2.05) is 39.0 Å². The molecule has 1 aromatic rings. The first-order valence-corrected chi connectivity index (χ1v) is 7.83. The van der Waals surface area contributed by atoms with E-state index in [9.17, 15) is 9.59 Å². The maximum Gasteiger partial charge on any atom is 0.237 e. The van der Waals surface area contributed by atoms with E-state index in [2.05, 4.69) is 15.9 Å². The molecule has 0 aliphatic carbocycles. The monoisotopic (exact) mass is 337 g/mol. The number of piperidine rings is 1. The molecule has 0 aromatic heterocycles. The molecule has 2 rings (SSSR count). The Bertz CT molecular complexity index is 539. The number of carbonyl (C=O) groups excluding carboxylic acids is 2. The Balaban J connectivity index is 2.31. The van der Waals surface area contributed by atoms with Gasteiger partial charge in [-0.05, 0) is 47.3 Å². The van der Waals surface area contributed by atoms with Crippen LogP contribution in [0.1, 0.15) is 32.3 Å². The minimum Gasteiger partial charge on any atom is -0.311 e. The molecule has 3 nitrogen and oxygen atoms in total. The second kappa shape index (κ2) is 6.08. The van der Waals surface area contributed by atoms with Crippen LogP contribution in [-0.4, -0.2) is 18.2 Å². The molecule has 1 atom stereocenters. The van der Waals surface area contributed by atoms with Crippen LogP contribution in [0.5, 0.6) is 0 Å². The highest BCUT2D eigenvalue weighted by atomic mass is 79.9. The van der Waals surface area contributed by atoms with Gasteiger partial charge < -0.3 is 4.90 Å². The van der Waals surface area contributed by atoms with Crippen LogP contribution in [0, 0.1) is 18.8 Å². The lowest BCUT2D eigenvalue weighted by atomic mass is 9.87. The van der Waals surface area contributed by atoms with Crippen molar-refractivity contribution in [3.63, 3.8) is 0 Å². The minimum absolute atomic E-state index is 0.0544. The van der Waals surface area contributed by atoms with Gasteiger partial charge in [0, 0.05) is 16.9 Å². The number of Topliss-reactive ketones (excluding diaryl/α,β-unsaturated/α-hetero) is 1. The number of amides is 1. The third-order valence-electron chi connectivity index (χ3n) is 3.81. The Morgan fingerprint density at radius 2 is 2.10 bits per heavy atom. The summed E-state index contributed by atoms with van der Waals surface area (Å²) >= 11 is 3.55. The molecule has 0 spiro atoms. The SMILES string of the molecule is Cc1cccc(N2CCCC(C(=O)C(C)C)C2=O)c1Br. The molecule has 1 aliphatic rings. The zero-order valence-corrected chi connectivity index (χ0v) is 13.7. The lowest BCUT2D eigenvalue weighted by Crippen LogP contribution is -2.45. The summed E-state index contributed by atoms with van der Waals surface area (Å²) in [6.07, 6.45) is 1.55. The topological polar surface area (TPSA) is 37.4 Å². The molecule has 1 amide bonds. The zero-order chi connectivity index (χ0) is 14.9. The molecule has 0 bridgehead atoms. The molecule has 20 heavy (non-hydrogen) atoms. The van der Waals surface area contributed by atoms with E-state index in [1.165, 1.54) is 0 Å². The summed E-state index contributed by atoms with van der Waals surface area (Å²) in [4.78, 5) is 26.6. The number of nitrogens with zero attached hydrogens (tertiary/aromatic N) is 1. The van der Waals surface area contributed by atoms with Crippen LogP contribution in [0.25, 0.3) is 0 Å². The predicted octanol–water partition coefficient (Wildman–Crippen LogP) is 3.73. The quantitative estimate of drug-likeness (QED) is 0.788. The molecule has 108 valence electrons. The van der Waals surface area contributed by atoms with E-state index in [0.29, 0.717) is 13.0 Å². The van der Waals surface area contributed by atoms with Crippen molar-refractivity contribution in [2.75, 3.05) is 11.4 Å². The average molecular weight is 338 g/mol. The van der Waals surface area contributed by atoms with Crippen molar-refractivity contribution in [3.8, 4) is 0 Å². The number of halogens is 1. The van der Waals surface area contributed by atoms with Gasteiger partial charge in [-0.2, -0.15) is 0 Å². The van der Waals surface area contributed by atoms with Crippen LogP contribution in [0.3, 0.4) is 0 Å². The Morgan fingerprint density at radius 3 is 2.75 bits per heavy atom. The molecule has 4 heteroatoms. The van der Waals surface area contributed by atoms with Gasteiger partial charge in [0.1, 0.15) is 5.78 Å². The summed E-state index contributed by atoms with van der Waals surface area (Å²) in [6.45, 7) is 6.40. The maximum atomic E-state index is 12.6. The lowest BCUT2D eigenvalue weighted by molar-refractivity contribution is -0.135. The molecule has 0 N–H and O–H groups in total. The number of hydrogen-bond acceptors (Lipinski definition) is 2. The summed E-state index contributed by atoms with van der Waals surface area (Å²) in [7, 11) is 0. The molecule has 1 heterocycles. The summed E-state index contributed by atoms with van der Waals surface area (Å²) in [5.74, 6) is -0.564. The van der Waals surface area contributed by atoms with E-state index >= 15 is 0 Å². The van der Waals surface area contributed by atoms with Crippen LogP contribution >= 0.6 is 15.9 Å². The van der Waals surface area contributed by atoms with Crippen molar-refractivity contribution in [1.29, 1.82) is 0 Å². The summed E-state index contributed by atoms with van der Waals surface area (Å²) in [5.41, 5.74) is 1.96. The highest BCUT2D eigenvalue weighted by Gasteiger charge is 2.36. The number of hydrogen-bond donors (Lipinski definition) is 0. The molecule has 1 saturated heterocycles. The van der Waals surface area contributed by atoms with Crippen LogP contribution in [0.15, 0.2) is 22.7 Å². The molecule has 1 aromatic carbocycles. The second-order valence-corrected chi connectivity index (χ2v) is 6.44. The van der Waals surface area contributed by atoms with Crippen molar-refractivity contribution in [2.45, 2.75) is 33.6 Å². The smallest absolute Gasteiger partial charge is 0.237 e. The molecular formula is C16H20BrNO2. The Kier molecular flexibility index (Phi) is 4.63. The van der Waals surface area contributed by atoms with Gasteiger partial charge in [-0.25, -0.2) is 0 Å². The number of rotatable bonds is 3. The Hall–Kier alpha value is -1.16. The van der Waals surface area contributed by atoms with Crippen molar-refractivity contribution >= 4 is 33.3 Å². The largest absolute Gasteiger partial charge is 0.311 e. The van der Waals surface area contributed by atoms with E-state index < -0.39 is 5.92 Å². The van der Waals surface area contributed by atoms with Crippen molar-refractivity contribution < 1.29 is 9.59 Å². The van der Waals surface area contributed by atoms with Gasteiger partial charge in [0.05, 0.1) is 11.6 Å². The Labute approximate surface area is 128 Å². The highest BCUT2D eigenvalue weighted by Crippen LogP contribution is 2.33. The zero-order valence-electron chi connectivity index (χ0n) is 12.1. The van der Waals surface area contributed by atoms with Crippen LogP contribution in [0.4, 0.5) is 5.69 Å². The van der Waals surface area contributed by atoms with Crippen molar-refractivity contribution in [3.05, 3.63) is 28.2 Å². The van der Waals surface area contributed by atoms with Gasteiger partial charge in [-0.15, -0.1) is 0 Å². The molecule has 1 fully saturated rings. The lowest BCUT2D eigenvalue weighted by Gasteiger charge is -2.33. The fourth-order valence-corrected chi connectivity index (χ4v) is 3.10. The summed E-state index contributed by atoms with van der Waals surface area (Å²) in [5, 5.41) is 0. The van der Waals surface area contributed by atoms with E-state index in [0.717, 1.165) is 22.1 Å². The van der Waals surface area contributed by atoms with Gasteiger partial charge >= 0.3 is 0 Å². The first-order chi connectivity index (χ1) is 9.43. The molecular weight excluding hydrogens is 318 g/mol. The Morgan fingerprint density at radius 1 is 1.40 bits per heavy atom. The fourth-order valence-electron chi connectivity index (χ4n) is 2.62. The number of carbonyl (C=O) groups is 2. The molecule has 0 radical (unpaired) electrons. The average Bonchev–Trinajstić information content (AvgIpc) is 2.42. The van der Waals surface area contributed by atoms with Crippen LogP contribution in [0.2, 0.25) is 0 Å². The third kappa shape index (κ3) is 2.80. The standard InChI is InChI=1S/C16H20BrNO2/c1-10(2)15(19)12-7-5-9-18(16(12)20)13-8-4-6-11(3)14(13)17/h4,6,8,10,12H,5,7,9H2,1-3H3. The van der Waals surface area contributed by atoms with Gasteiger partial charge in [-0.3, -0.25) is 9.59 Å². The molecule has 1 aliphatic heterocycles. The van der Waals surface area contributed by atoms with Gasteiger partial charge in [0.15, 0.2) is 0 Å². The normalized spacial score (nSPS) is 19.6.